The third-order valence-corrected chi connectivity index (χ3v) is 5.17. The summed E-state index contributed by atoms with van der Waals surface area (Å²) < 4.78 is 1.68. The Hall–Kier alpha value is -1.82. The lowest BCUT2D eigenvalue weighted by atomic mass is 10.0. The highest BCUT2D eigenvalue weighted by molar-refractivity contribution is 7.99. The van der Waals surface area contributed by atoms with Crippen molar-refractivity contribution >= 4 is 28.6 Å². The fourth-order valence-electron chi connectivity index (χ4n) is 2.78. The van der Waals surface area contributed by atoms with E-state index in [-0.39, 0.29) is 23.3 Å². The summed E-state index contributed by atoms with van der Waals surface area (Å²) in [6.07, 6.45) is 2.91. The first-order chi connectivity index (χ1) is 12.4. The van der Waals surface area contributed by atoms with Gasteiger partial charge in [-0.2, -0.15) is 0 Å². The number of carbonyl (C=O) groups is 1. The quantitative estimate of drug-likeness (QED) is 0.534. The van der Waals surface area contributed by atoms with E-state index in [0.29, 0.717) is 28.5 Å². The highest BCUT2D eigenvalue weighted by atomic mass is 32.2. The summed E-state index contributed by atoms with van der Waals surface area (Å²) in [6.45, 7) is 9.03. The summed E-state index contributed by atoms with van der Waals surface area (Å²) in [5.41, 5.74) is 0.642. The van der Waals surface area contributed by atoms with Crippen LogP contribution in [0.1, 0.15) is 47.0 Å². The number of carbonyl (C=O) groups excluding carboxylic acids is 1. The van der Waals surface area contributed by atoms with E-state index in [4.69, 9.17) is 0 Å². The molecule has 0 saturated carbocycles. The van der Waals surface area contributed by atoms with Gasteiger partial charge in [0.15, 0.2) is 5.16 Å². The number of fused-ring (bicyclic) bond motifs is 1. The summed E-state index contributed by atoms with van der Waals surface area (Å²) in [5, 5.41) is 4.27. The first-order valence-corrected chi connectivity index (χ1v) is 10.3. The van der Waals surface area contributed by atoms with Crippen molar-refractivity contribution in [2.75, 3.05) is 5.75 Å². The molecule has 2 rings (SSSR count). The molecule has 1 aromatic carbocycles. The van der Waals surface area contributed by atoms with Crippen LogP contribution in [0, 0.1) is 5.92 Å². The lowest BCUT2D eigenvalue weighted by Gasteiger charge is -2.16. The number of benzene rings is 1. The van der Waals surface area contributed by atoms with E-state index in [1.807, 2.05) is 32.0 Å². The third-order valence-electron chi connectivity index (χ3n) is 4.19. The number of hydrogen-bond donors (Lipinski definition) is 1. The Bertz CT molecular complexity index is 801. The van der Waals surface area contributed by atoms with Crippen molar-refractivity contribution in [3.8, 4) is 0 Å². The zero-order valence-electron chi connectivity index (χ0n) is 16.1. The molecule has 0 radical (unpaired) electrons. The topological polar surface area (TPSA) is 64.0 Å². The van der Waals surface area contributed by atoms with Gasteiger partial charge in [0, 0.05) is 12.6 Å². The maximum Gasteiger partial charge on any atom is 0.262 e. The molecule has 0 aliphatic heterocycles. The third kappa shape index (κ3) is 5.59. The van der Waals surface area contributed by atoms with E-state index in [9.17, 15) is 9.59 Å². The molecule has 1 heterocycles. The fourth-order valence-corrected chi connectivity index (χ4v) is 3.62. The highest BCUT2D eigenvalue weighted by Crippen LogP contribution is 2.18. The zero-order chi connectivity index (χ0) is 19.1. The van der Waals surface area contributed by atoms with Crippen LogP contribution in [-0.4, -0.2) is 27.3 Å². The Morgan fingerprint density at radius 2 is 1.96 bits per heavy atom. The highest BCUT2D eigenvalue weighted by Gasteiger charge is 2.14. The number of thioether (sulfide) groups is 1. The largest absolute Gasteiger partial charge is 0.353 e. The van der Waals surface area contributed by atoms with Gasteiger partial charge in [0.2, 0.25) is 5.91 Å². The Kier molecular flexibility index (Phi) is 7.69. The molecule has 6 heteroatoms. The lowest BCUT2D eigenvalue weighted by molar-refractivity contribution is -0.119. The molecular weight excluding hydrogens is 346 g/mol. The first kappa shape index (κ1) is 20.5. The van der Waals surface area contributed by atoms with E-state index in [1.54, 1.807) is 10.6 Å². The van der Waals surface area contributed by atoms with Gasteiger partial charge in [-0.05, 0) is 44.2 Å². The number of nitrogens with one attached hydrogen (secondary N) is 1. The standard InChI is InChI=1S/C20H29N3O2S/c1-5-12-23-19(25)16-8-6-7-9-17(16)22-20(23)26-13-18(24)21-15(4)11-10-14(2)3/h6-9,14-15H,5,10-13H2,1-4H3,(H,21,24)/t15-/m0/s1. The number of amides is 1. The molecule has 0 spiro atoms. The van der Waals surface area contributed by atoms with Crippen molar-refractivity contribution in [3.63, 3.8) is 0 Å². The maximum absolute atomic E-state index is 12.7. The molecule has 1 atom stereocenters. The van der Waals surface area contributed by atoms with Crippen molar-refractivity contribution in [2.45, 2.75) is 64.7 Å². The second-order valence-electron chi connectivity index (χ2n) is 7.10. The van der Waals surface area contributed by atoms with Crippen molar-refractivity contribution < 1.29 is 4.79 Å². The Balaban J connectivity index is 2.08. The van der Waals surface area contributed by atoms with E-state index in [2.05, 4.69) is 24.1 Å². The molecule has 0 fully saturated rings. The summed E-state index contributed by atoms with van der Waals surface area (Å²) in [4.78, 5) is 29.6. The molecule has 0 aliphatic rings. The normalized spacial score (nSPS) is 12.5. The van der Waals surface area contributed by atoms with Crippen molar-refractivity contribution in [2.24, 2.45) is 5.92 Å². The average molecular weight is 376 g/mol. The van der Waals surface area contributed by atoms with Crippen LogP contribution in [0.5, 0.6) is 0 Å². The van der Waals surface area contributed by atoms with E-state index in [1.165, 1.54) is 11.8 Å². The molecule has 0 saturated heterocycles. The van der Waals surface area contributed by atoms with E-state index in [0.717, 1.165) is 19.3 Å². The Morgan fingerprint density at radius 1 is 1.23 bits per heavy atom. The first-order valence-electron chi connectivity index (χ1n) is 9.34. The average Bonchev–Trinajstić information content (AvgIpc) is 2.61. The Labute approximate surface area is 159 Å². The summed E-state index contributed by atoms with van der Waals surface area (Å²) in [7, 11) is 0. The minimum absolute atomic E-state index is 0.0169. The van der Waals surface area contributed by atoms with Gasteiger partial charge in [-0.25, -0.2) is 4.98 Å². The molecule has 0 bridgehead atoms. The van der Waals surface area contributed by atoms with Crippen molar-refractivity contribution in [3.05, 3.63) is 34.6 Å². The summed E-state index contributed by atoms with van der Waals surface area (Å²) >= 11 is 1.33. The van der Waals surface area contributed by atoms with E-state index >= 15 is 0 Å². The van der Waals surface area contributed by atoms with Crippen LogP contribution in [0.25, 0.3) is 10.9 Å². The molecule has 1 aromatic heterocycles. The number of nitrogens with zero attached hydrogens (tertiary/aromatic N) is 2. The molecule has 1 amide bonds. The van der Waals surface area contributed by atoms with Gasteiger partial charge in [-0.3, -0.25) is 14.2 Å². The van der Waals surface area contributed by atoms with E-state index < -0.39 is 0 Å². The van der Waals surface area contributed by atoms with Gasteiger partial charge in [-0.15, -0.1) is 0 Å². The van der Waals surface area contributed by atoms with Crippen LogP contribution in [0.2, 0.25) is 0 Å². The minimum atomic E-state index is -0.0364. The van der Waals surface area contributed by atoms with Crippen LogP contribution < -0.4 is 10.9 Å². The molecule has 1 N–H and O–H groups in total. The second-order valence-corrected chi connectivity index (χ2v) is 8.04. The molecular formula is C20H29N3O2S. The van der Waals surface area contributed by atoms with Crippen LogP contribution in [0.15, 0.2) is 34.2 Å². The second kappa shape index (κ2) is 9.76. The molecule has 5 nitrogen and oxygen atoms in total. The summed E-state index contributed by atoms with van der Waals surface area (Å²) in [5.74, 6) is 0.881. The van der Waals surface area contributed by atoms with Gasteiger partial charge in [0.25, 0.3) is 5.56 Å². The van der Waals surface area contributed by atoms with Gasteiger partial charge < -0.3 is 5.32 Å². The fraction of sp³-hybridized carbons (Fsp3) is 0.550. The van der Waals surface area contributed by atoms with Crippen LogP contribution in [0.4, 0.5) is 0 Å². The smallest absolute Gasteiger partial charge is 0.262 e. The summed E-state index contributed by atoms with van der Waals surface area (Å²) in [6, 6.07) is 7.52. The van der Waals surface area contributed by atoms with Crippen molar-refractivity contribution in [1.82, 2.24) is 14.9 Å². The number of aromatic nitrogens is 2. The SMILES string of the molecule is CCCn1c(SCC(=O)N[C@@H](C)CCC(C)C)nc2ccccc2c1=O. The number of para-hydroxylation sites is 1. The van der Waals surface area contributed by atoms with Gasteiger partial charge >= 0.3 is 0 Å². The minimum Gasteiger partial charge on any atom is -0.353 e. The number of hydrogen-bond acceptors (Lipinski definition) is 4. The van der Waals surface area contributed by atoms with Gasteiger partial charge in [-0.1, -0.05) is 44.7 Å². The molecule has 0 aliphatic carbocycles. The van der Waals surface area contributed by atoms with Gasteiger partial charge in [0.1, 0.15) is 0 Å². The van der Waals surface area contributed by atoms with Crippen LogP contribution in [0.3, 0.4) is 0 Å². The predicted molar refractivity (Wildman–Crippen MR) is 109 cm³/mol. The lowest BCUT2D eigenvalue weighted by Crippen LogP contribution is -2.34. The Morgan fingerprint density at radius 3 is 2.65 bits per heavy atom. The molecule has 26 heavy (non-hydrogen) atoms. The van der Waals surface area contributed by atoms with Crippen LogP contribution in [-0.2, 0) is 11.3 Å². The molecule has 0 unspecified atom stereocenters. The maximum atomic E-state index is 12.7. The molecule has 142 valence electrons. The van der Waals surface area contributed by atoms with Crippen molar-refractivity contribution in [1.29, 1.82) is 0 Å². The monoisotopic (exact) mass is 375 g/mol. The van der Waals surface area contributed by atoms with Crippen LogP contribution >= 0.6 is 11.8 Å². The van der Waals surface area contributed by atoms with Gasteiger partial charge in [0.05, 0.1) is 16.7 Å². The number of rotatable bonds is 9. The predicted octanol–water partition coefficient (Wildman–Crippen LogP) is 3.84. The zero-order valence-corrected chi connectivity index (χ0v) is 16.9. The molecule has 2 aromatic rings.